The summed E-state index contributed by atoms with van der Waals surface area (Å²) in [5.74, 6) is 2.46. The topological polar surface area (TPSA) is 35.5 Å². The molecule has 0 unspecified atom stereocenters. The highest BCUT2D eigenvalue weighted by atomic mass is 16.7. The van der Waals surface area contributed by atoms with E-state index in [1.165, 1.54) is 7.11 Å². The summed E-state index contributed by atoms with van der Waals surface area (Å²) in [6.07, 6.45) is 5.71. The van der Waals surface area contributed by atoms with Crippen LogP contribution in [0.5, 0.6) is 0 Å². The summed E-state index contributed by atoms with van der Waals surface area (Å²) in [6, 6.07) is 0. The molecule has 0 N–H and O–H groups in total. The van der Waals surface area contributed by atoms with Crippen LogP contribution < -0.4 is 0 Å². The Morgan fingerprint density at radius 1 is 1.50 bits per heavy atom. The Kier molecular flexibility index (Phi) is 4.20. The molecule has 0 aromatic carbocycles. The predicted octanol–water partition coefficient (Wildman–Crippen LogP) is 1.96. The summed E-state index contributed by atoms with van der Waals surface area (Å²) in [4.78, 5) is 10.8. The Morgan fingerprint density at radius 3 is 2.25 bits per heavy atom. The Bertz CT molecular complexity index is 186. The van der Waals surface area contributed by atoms with Crippen molar-refractivity contribution in [2.45, 2.75) is 32.3 Å². The van der Waals surface area contributed by atoms with E-state index >= 15 is 0 Å². The maximum Gasteiger partial charge on any atom is 0.509 e. The van der Waals surface area contributed by atoms with Gasteiger partial charge in [-0.3, -0.25) is 0 Å². The lowest BCUT2D eigenvalue weighted by Crippen LogP contribution is -2.31. The first kappa shape index (κ1) is 10.8. The van der Waals surface area contributed by atoms with Crippen LogP contribution in [0.3, 0.4) is 0 Å². The first-order valence-corrected chi connectivity index (χ1v) is 3.88. The fraction of sp³-hybridized carbons (Fsp3) is 0.667. The molecular weight excluding hydrogens is 156 g/mol. The lowest BCUT2D eigenvalue weighted by molar-refractivity contribution is 0.000801. The van der Waals surface area contributed by atoms with Gasteiger partial charge in [-0.2, -0.15) is 0 Å². The molecule has 3 heteroatoms. The number of hydrogen-bond donors (Lipinski definition) is 0. The minimum absolute atomic E-state index is 0.592. The SMILES string of the molecule is C#CC(CC)(CC)OC(=O)OC. The number of carbonyl (C=O) groups excluding carboxylic acids is 1. The summed E-state index contributed by atoms with van der Waals surface area (Å²) < 4.78 is 9.29. The lowest BCUT2D eigenvalue weighted by atomic mass is 9.99. The van der Waals surface area contributed by atoms with Gasteiger partial charge in [-0.15, -0.1) is 6.42 Å². The van der Waals surface area contributed by atoms with Crippen molar-refractivity contribution in [1.29, 1.82) is 0 Å². The molecule has 0 aromatic heterocycles. The zero-order chi connectivity index (χ0) is 9.61. The van der Waals surface area contributed by atoms with Gasteiger partial charge in [0.2, 0.25) is 0 Å². The van der Waals surface area contributed by atoms with Crippen molar-refractivity contribution in [3.63, 3.8) is 0 Å². The summed E-state index contributed by atoms with van der Waals surface area (Å²) in [7, 11) is 1.26. The molecule has 0 aliphatic heterocycles. The average molecular weight is 170 g/mol. The van der Waals surface area contributed by atoms with Gasteiger partial charge in [-0.25, -0.2) is 4.79 Å². The molecule has 3 nitrogen and oxygen atoms in total. The second-order valence-corrected chi connectivity index (χ2v) is 2.40. The van der Waals surface area contributed by atoms with E-state index in [-0.39, 0.29) is 0 Å². The van der Waals surface area contributed by atoms with E-state index in [0.29, 0.717) is 12.8 Å². The van der Waals surface area contributed by atoms with E-state index in [4.69, 9.17) is 11.2 Å². The van der Waals surface area contributed by atoms with Gasteiger partial charge < -0.3 is 9.47 Å². The van der Waals surface area contributed by atoms with Crippen LogP contribution in [0.2, 0.25) is 0 Å². The Balaban J connectivity index is 4.33. The Morgan fingerprint density at radius 2 is 2.00 bits per heavy atom. The van der Waals surface area contributed by atoms with Crippen LogP contribution in [0.1, 0.15) is 26.7 Å². The molecule has 0 heterocycles. The van der Waals surface area contributed by atoms with Crippen molar-refractivity contribution >= 4 is 6.16 Å². The van der Waals surface area contributed by atoms with Gasteiger partial charge in [0, 0.05) is 0 Å². The van der Waals surface area contributed by atoms with Gasteiger partial charge in [0.05, 0.1) is 7.11 Å². The van der Waals surface area contributed by atoms with Crippen molar-refractivity contribution in [2.75, 3.05) is 7.11 Å². The van der Waals surface area contributed by atoms with E-state index < -0.39 is 11.8 Å². The molecule has 68 valence electrons. The minimum atomic E-state index is -0.799. The molecule has 0 bridgehead atoms. The smallest absolute Gasteiger partial charge is 0.438 e. The van der Waals surface area contributed by atoms with E-state index in [2.05, 4.69) is 10.7 Å². The number of rotatable bonds is 3. The second kappa shape index (κ2) is 4.66. The quantitative estimate of drug-likeness (QED) is 0.479. The van der Waals surface area contributed by atoms with E-state index in [1.807, 2.05) is 13.8 Å². The van der Waals surface area contributed by atoms with Gasteiger partial charge >= 0.3 is 6.16 Å². The van der Waals surface area contributed by atoms with Crippen LogP contribution in [0.25, 0.3) is 0 Å². The normalized spacial score (nSPS) is 10.2. The molecule has 0 aromatic rings. The van der Waals surface area contributed by atoms with Crippen molar-refractivity contribution in [1.82, 2.24) is 0 Å². The molecular formula is C9H14O3. The van der Waals surface area contributed by atoms with Gasteiger partial charge in [-0.1, -0.05) is 19.8 Å². The molecule has 0 spiro atoms. The number of hydrogen-bond acceptors (Lipinski definition) is 3. The van der Waals surface area contributed by atoms with Gasteiger partial charge in [0.1, 0.15) is 0 Å². The van der Waals surface area contributed by atoms with Crippen LogP contribution in [0.15, 0.2) is 0 Å². The molecule has 0 atom stereocenters. The van der Waals surface area contributed by atoms with E-state index in [9.17, 15) is 4.79 Å². The number of ether oxygens (including phenoxy) is 2. The highest BCUT2D eigenvalue weighted by Gasteiger charge is 2.28. The molecule has 0 aliphatic carbocycles. The monoisotopic (exact) mass is 170 g/mol. The first-order valence-electron chi connectivity index (χ1n) is 3.88. The molecule has 12 heavy (non-hydrogen) atoms. The summed E-state index contributed by atoms with van der Waals surface area (Å²) >= 11 is 0. The summed E-state index contributed by atoms with van der Waals surface area (Å²) in [6.45, 7) is 3.73. The zero-order valence-corrected chi connectivity index (χ0v) is 7.72. The van der Waals surface area contributed by atoms with Crippen LogP contribution >= 0.6 is 0 Å². The van der Waals surface area contributed by atoms with Crippen LogP contribution in [0, 0.1) is 12.3 Å². The second-order valence-electron chi connectivity index (χ2n) is 2.40. The fourth-order valence-electron chi connectivity index (χ4n) is 0.829. The Hall–Kier alpha value is -1.17. The average Bonchev–Trinajstić information content (AvgIpc) is 2.14. The fourth-order valence-corrected chi connectivity index (χ4v) is 0.829. The molecule has 0 saturated heterocycles. The lowest BCUT2D eigenvalue weighted by Gasteiger charge is -2.24. The number of terminal acetylenes is 1. The maximum absolute atomic E-state index is 10.8. The molecule has 0 fully saturated rings. The number of methoxy groups -OCH3 is 1. The highest BCUT2D eigenvalue weighted by molar-refractivity contribution is 5.60. The third-order valence-electron chi connectivity index (χ3n) is 1.85. The summed E-state index contributed by atoms with van der Waals surface area (Å²) in [5.41, 5.74) is -0.799. The van der Waals surface area contributed by atoms with Crippen LogP contribution in [0.4, 0.5) is 4.79 Å². The van der Waals surface area contributed by atoms with Crippen LogP contribution in [-0.2, 0) is 9.47 Å². The molecule has 0 saturated carbocycles. The standard InChI is InChI=1S/C9H14O3/c1-5-9(6-2,7-3)12-8(10)11-4/h1H,6-7H2,2-4H3. The highest BCUT2D eigenvalue weighted by Crippen LogP contribution is 2.19. The molecule has 0 radical (unpaired) electrons. The predicted molar refractivity (Wildman–Crippen MR) is 45.6 cm³/mol. The minimum Gasteiger partial charge on any atom is -0.438 e. The van der Waals surface area contributed by atoms with Gasteiger partial charge in [-0.05, 0) is 12.8 Å². The zero-order valence-electron chi connectivity index (χ0n) is 7.72. The third-order valence-corrected chi connectivity index (χ3v) is 1.85. The molecule has 0 aliphatic rings. The Labute approximate surface area is 73.0 Å². The first-order chi connectivity index (χ1) is 5.64. The van der Waals surface area contributed by atoms with Crippen molar-refractivity contribution in [2.24, 2.45) is 0 Å². The third kappa shape index (κ3) is 2.46. The van der Waals surface area contributed by atoms with E-state index in [1.54, 1.807) is 0 Å². The van der Waals surface area contributed by atoms with Crippen molar-refractivity contribution < 1.29 is 14.3 Å². The number of carbonyl (C=O) groups is 1. The molecule has 0 amide bonds. The van der Waals surface area contributed by atoms with Crippen molar-refractivity contribution in [3.8, 4) is 12.3 Å². The largest absolute Gasteiger partial charge is 0.509 e. The van der Waals surface area contributed by atoms with E-state index in [0.717, 1.165) is 0 Å². The van der Waals surface area contributed by atoms with Crippen LogP contribution in [-0.4, -0.2) is 18.9 Å². The maximum atomic E-state index is 10.8. The van der Waals surface area contributed by atoms with Gasteiger partial charge in [0.25, 0.3) is 0 Å². The van der Waals surface area contributed by atoms with Gasteiger partial charge in [0.15, 0.2) is 5.60 Å². The van der Waals surface area contributed by atoms with Crippen molar-refractivity contribution in [3.05, 3.63) is 0 Å². The summed E-state index contributed by atoms with van der Waals surface area (Å²) in [5, 5.41) is 0. The molecule has 0 rings (SSSR count).